The Bertz CT molecular complexity index is 797. The van der Waals surface area contributed by atoms with E-state index in [0.29, 0.717) is 16.4 Å². The Balaban J connectivity index is 2.52. The van der Waals surface area contributed by atoms with Crippen LogP contribution in [0.1, 0.15) is 0 Å². The van der Waals surface area contributed by atoms with Crippen LogP contribution in [0.5, 0.6) is 0 Å². The maximum Gasteiger partial charge on any atom is 0.313 e. The average Bonchev–Trinajstić information content (AvgIpc) is 2.65. The molecule has 0 radical (unpaired) electrons. The van der Waals surface area contributed by atoms with E-state index in [4.69, 9.17) is 4.42 Å². The quantitative estimate of drug-likeness (QED) is 0.372. The van der Waals surface area contributed by atoms with Crippen LogP contribution in [0, 0.1) is 19.5 Å². The molecule has 0 spiro atoms. The lowest BCUT2D eigenvalue weighted by Gasteiger charge is -1.94. The van der Waals surface area contributed by atoms with Crippen molar-refractivity contribution in [2.45, 2.75) is 0 Å². The van der Waals surface area contributed by atoms with Crippen LogP contribution in [0.15, 0.2) is 34.7 Å². The lowest BCUT2D eigenvalue weighted by atomic mass is 10.1. The smallest absolute Gasteiger partial charge is 0.313 e. The fourth-order valence-corrected chi connectivity index (χ4v) is 2.54. The molecule has 2 aromatic carbocycles. The van der Waals surface area contributed by atoms with E-state index in [1.54, 1.807) is 12.1 Å². The highest BCUT2D eigenvalue weighted by molar-refractivity contribution is 14.1. The van der Waals surface area contributed by atoms with Gasteiger partial charge in [0.15, 0.2) is 0 Å². The summed E-state index contributed by atoms with van der Waals surface area (Å²) in [6.07, 6.45) is 0. The molecule has 18 heavy (non-hydrogen) atoms. The normalized spacial score (nSPS) is 11.2. The van der Waals surface area contributed by atoms with Crippen molar-refractivity contribution in [1.29, 1.82) is 0 Å². The third-order valence-corrected chi connectivity index (χ3v) is 3.30. The number of fused-ring (bicyclic) bond motifs is 3. The minimum Gasteiger partial charge on any atom is -0.449 e. The number of nitro groups is 1. The van der Waals surface area contributed by atoms with Gasteiger partial charge in [-0.2, -0.15) is 0 Å². The summed E-state index contributed by atoms with van der Waals surface area (Å²) in [6.45, 7) is 0. The number of hydrogen-bond donors (Lipinski definition) is 0. The maximum absolute atomic E-state index is 13.1. The lowest BCUT2D eigenvalue weighted by Crippen LogP contribution is -1.88. The average molecular weight is 357 g/mol. The molecule has 0 saturated carbocycles. The standard InChI is InChI=1S/C12H5FINO3/c13-6-1-2-8-9-4-7(14)5-10(15(16)17)12(9)18-11(8)3-6/h1-5H. The van der Waals surface area contributed by atoms with Crippen LogP contribution in [0.25, 0.3) is 21.9 Å². The summed E-state index contributed by atoms with van der Waals surface area (Å²) < 4.78 is 19.2. The Morgan fingerprint density at radius 3 is 2.72 bits per heavy atom. The SMILES string of the molecule is O=[N+]([O-])c1cc(I)cc2c1oc1cc(F)ccc12. The van der Waals surface area contributed by atoms with Crippen molar-refractivity contribution < 1.29 is 13.7 Å². The molecule has 0 fully saturated rings. The summed E-state index contributed by atoms with van der Waals surface area (Å²) >= 11 is 2.00. The third-order valence-electron chi connectivity index (χ3n) is 2.68. The van der Waals surface area contributed by atoms with E-state index >= 15 is 0 Å². The number of nitrogens with zero attached hydrogens (tertiary/aromatic N) is 1. The fourth-order valence-electron chi connectivity index (χ4n) is 1.94. The van der Waals surface area contributed by atoms with E-state index < -0.39 is 10.7 Å². The predicted molar refractivity (Wildman–Crippen MR) is 73.0 cm³/mol. The van der Waals surface area contributed by atoms with Crippen molar-refractivity contribution in [2.75, 3.05) is 0 Å². The minimum atomic E-state index is -0.497. The third kappa shape index (κ3) is 1.64. The first-order chi connectivity index (χ1) is 8.56. The van der Waals surface area contributed by atoms with Gasteiger partial charge in [0.1, 0.15) is 11.4 Å². The van der Waals surface area contributed by atoms with Crippen molar-refractivity contribution in [3.63, 3.8) is 0 Å². The Kier molecular flexibility index (Phi) is 2.47. The highest BCUT2D eigenvalue weighted by atomic mass is 127. The van der Waals surface area contributed by atoms with Crippen LogP contribution < -0.4 is 0 Å². The van der Waals surface area contributed by atoms with Gasteiger partial charge < -0.3 is 4.42 Å². The largest absolute Gasteiger partial charge is 0.449 e. The van der Waals surface area contributed by atoms with Crippen LogP contribution in [0.2, 0.25) is 0 Å². The Morgan fingerprint density at radius 1 is 1.22 bits per heavy atom. The van der Waals surface area contributed by atoms with Crippen LogP contribution in [-0.4, -0.2) is 4.92 Å². The molecule has 1 aromatic heterocycles. The zero-order valence-corrected chi connectivity index (χ0v) is 11.0. The maximum atomic E-state index is 13.1. The van der Waals surface area contributed by atoms with Crippen LogP contribution in [0.3, 0.4) is 0 Å². The van der Waals surface area contributed by atoms with Crippen molar-refractivity contribution >= 4 is 50.2 Å². The van der Waals surface area contributed by atoms with Crippen molar-refractivity contribution in [3.8, 4) is 0 Å². The molecule has 3 rings (SSSR count). The number of rotatable bonds is 1. The second-order valence-electron chi connectivity index (χ2n) is 3.80. The number of furan rings is 1. The van der Waals surface area contributed by atoms with Gasteiger partial charge in [-0.15, -0.1) is 0 Å². The van der Waals surface area contributed by atoms with Gasteiger partial charge in [-0.1, -0.05) is 0 Å². The molecular weight excluding hydrogens is 352 g/mol. The van der Waals surface area contributed by atoms with Gasteiger partial charge in [0.2, 0.25) is 5.58 Å². The number of hydrogen-bond acceptors (Lipinski definition) is 3. The van der Waals surface area contributed by atoms with Crippen molar-refractivity contribution in [2.24, 2.45) is 0 Å². The number of nitro benzene ring substituents is 1. The Hall–Kier alpha value is -1.70. The summed E-state index contributed by atoms with van der Waals surface area (Å²) in [5, 5.41) is 12.3. The summed E-state index contributed by atoms with van der Waals surface area (Å²) in [4.78, 5) is 10.5. The first-order valence-electron chi connectivity index (χ1n) is 5.02. The molecule has 3 aromatic rings. The lowest BCUT2D eigenvalue weighted by molar-refractivity contribution is -0.383. The zero-order valence-electron chi connectivity index (χ0n) is 8.81. The molecule has 0 aliphatic heterocycles. The molecule has 4 nitrogen and oxygen atoms in total. The molecule has 90 valence electrons. The van der Waals surface area contributed by atoms with E-state index in [-0.39, 0.29) is 11.3 Å². The van der Waals surface area contributed by atoms with Gasteiger partial charge in [0.25, 0.3) is 0 Å². The summed E-state index contributed by atoms with van der Waals surface area (Å²) in [5.41, 5.74) is 0.393. The van der Waals surface area contributed by atoms with Gasteiger partial charge in [-0.05, 0) is 40.8 Å². The van der Waals surface area contributed by atoms with Crippen LogP contribution >= 0.6 is 22.6 Å². The number of non-ortho nitro benzene ring substituents is 1. The zero-order chi connectivity index (χ0) is 12.9. The summed E-state index contributed by atoms with van der Waals surface area (Å²) in [5.74, 6) is -0.432. The highest BCUT2D eigenvalue weighted by Gasteiger charge is 2.19. The van der Waals surface area contributed by atoms with E-state index in [1.165, 1.54) is 18.2 Å². The molecule has 0 aliphatic carbocycles. The Labute approximate surface area is 114 Å². The minimum absolute atomic E-state index is 0.103. The van der Waals surface area contributed by atoms with E-state index in [1.807, 2.05) is 22.6 Å². The molecule has 1 heterocycles. The molecule has 0 saturated heterocycles. The van der Waals surface area contributed by atoms with E-state index in [2.05, 4.69) is 0 Å². The summed E-state index contributed by atoms with van der Waals surface area (Å²) in [6, 6.07) is 7.32. The topological polar surface area (TPSA) is 56.3 Å². The first kappa shape index (κ1) is 11.4. The molecule has 0 bridgehead atoms. The van der Waals surface area contributed by atoms with Crippen molar-refractivity contribution in [3.05, 3.63) is 49.8 Å². The molecule has 0 unspecified atom stereocenters. The van der Waals surface area contributed by atoms with Gasteiger partial charge in [-0.3, -0.25) is 10.1 Å². The molecule has 0 N–H and O–H groups in total. The van der Waals surface area contributed by atoms with Gasteiger partial charge in [0, 0.05) is 26.5 Å². The fraction of sp³-hybridized carbons (Fsp3) is 0. The van der Waals surface area contributed by atoms with Crippen LogP contribution in [0.4, 0.5) is 10.1 Å². The molecule has 0 amide bonds. The number of halogens is 2. The molecule has 0 atom stereocenters. The first-order valence-corrected chi connectivity index (χ1v) is 6.10. The van der Waals surface area contributed by atoms with Gasteiger partial charge in [0.05, 0.1) is 4.92 Å². The molecule has 0 aliphatic rings. The summed E-state index contributed by atoms with van der Waals surface area (Å²) in [7, 11) is 0. The second kappa shape index (κ2) is 3.91. The van der Waals surface area contributed by atoms with E-state index in [9.17, 15) is 14.5 Å². The predicted octanol–water partition coefficient (Wildman–Crippen LogP) is 4.24. The monoisotopic (exact) mass is 357 g/mol. The molecule has 6 heteroatoms. The highest BCUT2D eigenvalue weighted by Crippen LogP contribution is 2.36. The second-order valence-corrected chi connectivity index (χ2v) is 5.05. The van der Waals surface area contributed by atoms with Gasteiger partial charge >= 0.3 is 5.69 Å². The number of benzene rings is 2. The van der Waals surface area contributed by atoms with E-state index in [0.717, 1.165) is 3.57 Å². The van der Waals surface area contributed by atoms with Crippen molar-refractivity contribution in [1.82, 2.24) is 0 Å². The van der Waals surface area contributed by atoms with Gasteiger partial charge in [-0.25, -0.2) is 4.39 Å². The van der Waals surface area contributed by atoms with Crippen LogP contribution in [-0.2, 0) is 0 Å². The Morgan fingerprint density at radius 2 is 2.00 bits per heavy atom. The molecular formula is C12H5FINO3.